The first-order chi connectivity index (χ1) is 10.7. The van der Waals surface area contributed by atoms with E-state index in [1.807, 2.05) is 0 Å². The average molecular weight is 301 g/mol. The van der Waals surface area contributed by atoms with E-state index in [9.17, 15) is 0 Å². The second kappa shape index (κ2) is 5.73. The normalized spacial score (nSPS) is 26.0. The first kappa shape index (κ1) is 14.3. The molecular formula is C18H27N3O. The van der Waals surface area contributed by atoms with Crippen LogP contribution in [0.5, 0.6) is 5.75 Å². The molecule has 1 saturated heterocycles. The van der Waals surface area contributed by atoms with E-state index in [2.05, 4.69) is 35.9 Å². The van der Waals surface area contributed by atoms with E-state index in [1.54, 1.807) is 0 Å². The zero-order chi connectivity index (χ0) is 15.1. The molecule has 4 rings (SSSR count). The summed E-state index contributed by atoms with van der Waals surface area (Å²) in [6.45, 7) is 8.72. The maximum atomic E-state index is 6.07. The minimum absolute atomic E-state index is 0.541. The molecule has 2 aliphatic heterocycles. The Morgan fingerprint density at radius 3 is 2.82 bits per heavy atom. The number of piperazine rings is 1. The van der Waals surface area contributed by atoms with Crippen LogP contribution in [-0.4, -0.2) is 48.2 Å². The van der Waals surface area contributed by atoms with Gasteiger partial charge in [0.15, 0.2) is 11.6 Å². The minimum Gasteiger partial charge on any atom is -0.490 e. The van der Waals surface area contributed by atoms with Gasteiger partial charge in [0.1, 0.15) is 0 Å². The summed E-state index contributed by atoms with van der Waals surface area (Å²) in [7, 11) is 0. The number of anilines is 1. The van der Waals surface area contributed by atoms with Gasteiger partial charge in [-0.25, -0.2) is 4.98 Å². The van der Waals surface area contributed by atoms with Crippen LogP contribution in [0.4, 0.5) is 5.82 Å². The lowest BCUT2D eigenvalue weighted by molar-refractivity contribution is 0.172. The van der Waals surface area contributed by atoms with E-state index in [1.165, 1.54) is 24.8 Å². The zero-order valence-corrected chi connectivity index (χ0v) is 13.8. The summed E-state index contributed by atoms with van der Waals surface area (Å²) < 4.78 is 6.07. The molecule has 1 aromatic rings. The third-order valence-electron chi connectivity index (χ3n) is 5.66. The number of nitrogens with zero attached hydrogens (tertiary/aromatic N) is 3. The van der Waals surface area contributed by atoms with Gasteiger partial charge in [0.2, 0.25) is 0 Å². The Labute approximate surface area is 133 Å². The van der Waals surface area contributed by atoms with Crippen molar-refractivity contribution in [3.63, 3.8) is 0 Å². The fraction of sp³-hybridized carbons (Fsp3) is 0.722. The van der Waals surface area contributed by atoms with Gasteiger partial charge in [-0.2, -0.15) is 0 Å². The van der Waals surface area contributed by atoms with Crippen LogP contribution in [-0.2, 0) is 0 Å². The highest BCUT2D eigenvalue weighted by Gasteiger charge is 2.33. The molecule has 1 aromatic heterocycles. The molecule has 0 bridgehead atoms. The predicted molar refractivity (Wildman–Crippen MR) is 88.8 cm³/mol. The van der Waals surface area contributed by atoms with Gasteiger partial charge in [0, 0.05) is 44.3 Å². The van der Waals surface area contributed by atoms with Gasteiger partial charge >= 0.3 is 0 Å². The summed E-state index contributed by atoms with van der Waals surface area (Å²) in [4.78, 5) is 9.89. The van der Waals surface area contributed by atoms with Crippen LogP contribution < -0.4 is 9.64 Å². The third-order valence-corrected chi connectivity index (χ3v) is 5.66. The quantitative estimate of drug-likeness (QED) is 0.839. The van der Waals surface area contributed by atoms with Gasteiger partial charge in [-0.3, -0.25) is 4.90 Å². The molecule has 22 heavy (non-hydrogen) atoms. The molecule has 1 aliphatic carbocycles. The van der Waals surface area contributed by atoms with Gasteiger partial charge in [0.05, 0.1) is 6.61 Å². The van der Waals surface area contributed by atoms with Crippen LogP contribution in [0.15, 0.2) is 12.3 Å². The number of fused-ring (bicyclic) bond motifs is 3. The minimum atomic E-state index is 0.541. The van der Waals surface area contributed by atoms with Crippen LogP contribution in [0.3, 0.4) is 0 Å². The van der Waals surface area contributed by atoms with E-state index < -0.39 is 0 Å². The Kier molecular flexibility index (Phi) is 3.73. The molecule has 4 nitrogen and oxygen atoms in total. The Bertz CT molecular complexity index is 541. The molecule has 3 heterocycles. The Hall–Kier alpha value is -1.29. The molecule has 120 valence electrons. The maximum absolute atomic E-state index is 6.07. The van der Waals surface area contributed by atoms with Crippen molar-refractivity contribution >= 4 is 5.82 Å². The summed E-state index contributed by atoms with van der Waals surface area (Å²) in [6, 6.07) is 3.43. The summed E-state index contributed by atoms with van der Waals surface area (Å²) in [6.07, 6.45) is 7.19. The lowest BCUT2D eigenvalue weighted by Gasteiger charge is -2.42. The second-order valence-corrected chi connectivity index (χ2v) is 7.29. The van der Waals surface area contributed by atoms with Crippen molar-refractivity contribution in [2.24, 2.45) is 0 Å². The topological polar surface area (TPSA) is 28.6 Å². The van der Waals surface area contributed by atoms with Crippen LogP contribution in [0.1, 0.15) is 51.0 Å². The molecule has 0 spiro atoms. The molecule has 0 aromatic carbocycles. The summed E-state index contributed by atoms with van der Waals surface area (Å²) in [5.74, 6) is 2.82. The molecule has 3 aliphatic rings. The van der Waals surface area contributed by atoms with Crippen LogP contribution in [0, 0.1) is 0 Å². The Morgan fingerprint density at radius 2 is 2.09 bits per heavy atom. The highest BCUT2D eigenvalue weighted by molar-refractivity contribution is 5.56. The number of aromatic nitrogens is 1. The van der Waals surface area contributed by atoms with Crippen molar-refractivity contribution in [1.29, 1.82) is 0 Å². The number of ether oxygens (including phenoxy) is 1. The Balaban J connectivity index is 1.59. The molecule has 0 unspecified atom stereocenters. The highest BCUT2D eigenvalue weighted by Crippen LogP contribution is 2.40. The van der Waals surface area contributed by atoms with Crippen molar-refractivity contribution < 1.29 is 4.74 Å². The van der Waals surface area contributed by atoms with Gasteiger partial charge < -0.3 is 9.64 Å². The highest BCUT2D eigenvalue weighted by atomic mass is 16.5. The van der Waals surface area contributed by atoms with E-state index >= 15 is 0 Å². The first-order valence-corrected chi connectivity index (χ1v) is 8.86. The predicted octanol–water partition coefficient (Wildman–Crippen LogP) is 3.03. The van der Waals surface area contributed by atoms with Gasteiger partial charge in [0.25, 0.3) is 0 Å². The Morgan fingerprint density at radius 1 is 1.23 bits per heavy atom. The molecule has 4 heteroatoms. The van der Waals surface area contributed by atoms with E-state index in [0.717, 1.165) is 50.1 Å². The molecular weight excluding hydrogens is 274 g/mol. The maximum Gasteiger partial charge on any atom is 0.171 e. The van der Waals surface area contributed by atoms with Crippen molar-refractivity contribution in [3.05, 3.63) is 17.8 Å². The molecule has 0 amide bonds. The number of rotatable bonds is 2. The van der Waals surface area contributed by atoms with E-state index in [0.29, 0.717) is 12.1 Å². The largest absolute Gasteiger partial charge is 0.490 e. The summed E-state index contributed by atoms with van der Waals surface area (Å²) in [5, 5.41) is 0. The van der Waals surface area contributed by atoms with Crippen molar-refractivity contribution in [2.45, 2.75) is 57.5 Å². The van der Waals surface area contributed by atoms with Crippen molar-refractivity contribution in [2.75, 3.05) is 31.1 Å². The standard InChI is InChI=1S/C18H27N3O/c1-13(2)20-7-8-21-16(12-20)6-9-22-17-10-15(11-19-18(17)21)14-4-3-5-14/h10-11,13-14,16H,3-9,12H2,1-2H3/t16-/m0/s1. The smallest absolute Gasteiger partial charge is 0.171 e. The van der Waals surface area contributed by atoms with E-state index in [-0.39, 0.29) is 0 Å². The molecule has 2 fully saturated rings. The molecule has 1 saturated carbocycles. The molecule has 1 atom stereocenters. The fourth-order valence-corrected chi connectivity index (χ4v) is 3.92. The van der Waals surface area contributed by atoms with Crippen molar-refractivity contribution in [3.8, 4) is 5.75 Å². The molecule has 0 N–H and O–H groups in total. The van der Waals surface area contributed by atoms with Gasteiger partial charge in [-0.15, -0.1) is 0 Å². The van der Waals surface area contributed by atoms with Crippen LogP contribution in [0.25, 0.3) is 0 Å². The van der Waals surface area contributed by atoms with Crippen molar-refractivity contribution in [1.82, 2.24) is 9.88 Å². The number of hydrogen-bond acceptors (Lipinski definition) is 4. The van der Waals surface area contributed by atoms with E-state index in [4.69, 9.17) is 9.72 Å². The monoisotopic (exact) mass is 301 g/mol. The number of hydrogen-bond donors (Lipinski definition) is 0. The fourth-order valence-electron chi connectivity index (χ4n) is 3.92. The molecule has 0 radical (unpaired) electrons. The SMILES string of the molecule is CC(C)N1CCN2c3ncc(C4CCC4)cc3OCC[C@H]2C1. The van der Waals surface area contributed by atoms with Gasteiger partial charge in [-0.05, 0) is 44.2 Å². The second-order valence-electron chi connectivity index (χ2n) is 7.29. The lowest BCUT2D eigenvalue weighted by atomic mass is 9.81. The van der Waals surface area contributed by atoms with Gasteiger partial charge in [-0.1, -0.05) is 6.42 Å². The van der Waals surface area contributed by atoms with Crippen LogP contribution >= 0.6 is 0 Å². The average Bonchev–Trinajstić information content (AvgIpc) is 2.63. The zero-order valence-electron chi connectivity index (χ0n) is 13.8. The number of pyridine rings is 1. The lowest BCUT2D eigenvalue weighted by Crippen LogP contribution is -2.55. The summed E-state index contributed by atoms with van der Waals surface area (Å²) >= 11 is 0. The third kappa shape index (κ3) is 2.47. The summed E-state index contributed by atoms with van der Waals surface area (Å²) in [5.41, 5.74) is 1.38. The van der Waals surface area contributed by atoms with Crippen LogP contribution in [0.2, 0.25) is 0 Å². The first-order valence-electron chi connectivity index (χ1n) is 8.86.